The number of rotatable bonds is 7. The molecule has 0 radical (unpaired) electrons. The van der Waals surface area contributed by atoms with E-state index in [-0.39, 0.29) is 18.3 Å². The molecule has 1 N–H and O–H groups in total. The highest BCUT2D eigenvalue weighted by molar-refractivity contribution is 5.95. The molecule has 22 heavy (non-hydrogen) atoms. The van der Waals surface area contributed by atoms with Gasteiger partial charge in [-0.1, -0.05) is 13.0 Å². The fourth-order valence-corrected chi connectivity index (χ4v) is 1.83. The van der Waals surface area contributed by atoms with Crippen molar-refractivity contribution in [1.29, 1.82) is 0 Å². The van der Waals surface area contributed by atoms with Crippen LogP contribution in [0.2, 0.25) is 0 Å². The second kappa shape index (κ2) is 7.93. The molecule has 5 heteroatoms. The number of nitrogens with zero attached hydrogens (tertiary/aromatic N) is 1. The molecule has 0 saturated heterocycles. The summed E-state index contributed by atoms with van der Waals surface area (Å²) in [5.74, 6) is 0.416. The number of ether oxygens (including phenoxy) is 1. The predicted molar refractivity (Wildman–Crippen MR) is 82.6 cm³/mol. The normalized spacial score (nSPS) is 10.0. The molecule has 1 heterocycles. The van der Waals surface area contributed by atoms with E-state index in [0.29, 0.717) is 24.3 Å². The van der Waals surface area contributed by atoms with E-state index in [1.54, 1.807) is 30.5 Å². The molecule has 2 aromatic rings. The van der Waals surface area contributed by atoms with Gasteiger partial charge in [0.25, 0.3) is 5.91 Å². The summed E-state index contributed by atoms with van der Waals surface area (Å²) in [6.45, 7) is 2.11. The van der Waals surface area contributed by atoms with Crippen molar-refractivity contribution in [2.24, 2.45) is 0 Å². The standard InChI is InChI=1S/C17H18N2O3/c1-2-16(20)13-6-8-15(9-7-13)22-12-17(21)19-11-14-5-3-4-10-18-14/h3-10H,2,11-12H2,1H3,(H,19,21). The second-order valence-corrected chi connectivity index (χ2v) is 4.69. The molecule has 1 aromatic carbocycles. The number of carbonyl (C=O) groups excluding carboxylic acids is 2. The summed E-state index contributed by atoms with van der Waals surface area (Å²) in [6.07, 6.45) is 2.15. The first-order valence-corrected chi connectivity index (χ1v) is 7.11. The molecule has 0 atom stereocenters. The van der Waals surface area contributed by atoms with Gasteiger partial charge in [0.2, 0.25) is 0 Å². The van der Waals surface area contributed by atoms with Crippen LogP contribution in [0.25, 0.3) is 0 Å². The van der Waals surface area contributed by atoms with E-state index < -0.39 is 0 Å². The van der Waals surface area contributed by atoms with Crippen LogP contribution in [0.4, 0.5) is 0 Å². The van der Waals surface area contributed by atoms with Crippen molar-refractivity contribution in [3.63, 3.8) is 0 Å². The van der Waals surface area contributed by atoms with Crippen LogP contribution in [0, 0.1) is 0 Å². The molecule has 0 aliphatic heterocycles. The van der Waals surface area contributed by atoms with Crippen LogP contribution in [-0.4, -0.2) is 23.3 Å². The number of hydrogen-bond donors (Lipinski definition) is 1. The summed E-state index contributed by atoms with van der Waals surface area (Å²) in [7, 11) is 0. The fourth-order valence-electron chi connectivity index (χ4n) is 1.83. The lowest BCUT2D eigenvalue weighted by molar-refractivity contribution is -0.123. The Morgan fingerprint density at radius 3 is 2.55 bits per heavy atom. The van der Waals surface area contributed by atoms with E-state index in [1.807, 2.05) is 25.1 Å². The second-order valence-electron chi connectivity index (χ2n) is 4.69. The van der Waals surface area contributed by atoms with Crippen LogP contribution in [0.15, 0.2) is 48.7 Å². The van der Waals surface area contributed by atoms with Gasteiger partial charge in [0.1, 0.15) is 5.75 Å². The van der Waals surface area contributed by atoms with Crippen LogP contribution in [-0.2, 0) is 11.3 Å². The fraction of sp³-hybridized carbons (Fsp3) is 0.235. The van der Waals surface area contributed by atoms with Crippen LogP contribution in [0.5, 0.6) is 5.75 Å². The topological polar surface area (TPSA) is 68.3 Å². The Kier molecular flexibility index (Phi) is 5.65. The zero-order valence-corrected chi connectivity index (χ0v) is 12.4. The van der Waals surface area contributed by atoms with E-state index in [2.05, 4.69) is 10.3 Å². The molecule has 0 aliphatic rings. The average Bonchev–Trinajstić information content (AvgIpc) is 2.58. The van der Waals surface area contributed by atoms with Gasteiger partial charge in [-0.25, -0.2) is 0 Å². The van der Waals surface area contributed by atoms with Gasteiger partial charge in [-0.3, -0.25) is 14.6 Å². The number of pyridine rings is 1. The Labute approximate surface area is 129 Å². The van der Waals surface area contributed by atoms with E-state index >= 15 is 0 Å². The Hall–Kier alpha value is -2.69. The summed E-state index contributed by atoms with van der Waals surface area (Å²) in [5.41, 5.74) is 1.44. The molecule has 0 aliphatic carbocycles. The summed E-state index contributed by atoms with van der Waals surface area (Å²) in [6, 6.07) is 12.3. The maximum absolute atomic E-state index is 11.7. The van der Waals surface area contributed by atoms with Gasteiger partial charge in [0, 0.05) is 18.2 Å². The number of amides is 1. The lowest BCUT2D eigenvalue weighted by atomic mass is 10.1. The monoisotopic (exact) mass is 298 g/mol. The van der Waals surface area contributed by atoms with Crippen molar-refractivity contribution in [3.05, 3.63) is 59.9 Å². The third-order valence-corrected chi connectivity index (χ3v) is 3.06. The first kappa shape index (κ1) is 15.7. The van der Waals surface area contributed by atoms with Crippen molar-refractivity contribution in [1.82, 2.24) is 10.3 Å². The molecule has 0 saturated carbocycles. The van der Waals surface area contributed by atoms with E-state index in [0.717, 1.165) is 5.69 Å². The highest BCUT2D eigenvalue weighted by atomic mass is 16.5. The minimum Gasteiger partial charge on any atom is -0.484 e. The van der Waals surface area contributed by atoms with Crippen molar-refractivity contribution in [2.75, 3.05) is 6.61 Å². The van der Waals surface area contributed by atoms with Gasteiger partial charge in [0.15, 0.2) is 12.4 Å². The maximum Gasteiger partial charge on any atom is 0.258 e. The van der Waals surface area contributed by atoms with Crippen molar-refractivity contribution in [3.8, 4) is 5.75 Å². The molecule has 0 spiro atoms. The lowest BCUT2D eigenvalue weighted by Crippen LogP contribution is -2.28. The van der Waals surface area contributed by atoms with Gasteiger partial charge >= 0.3 is 0 Å². The zero-order chi connectivity index (χ0) is 15.8. The molecular weight excluding hydrogens is 280 g/mol. The number of ketones is 1. The first-order valence-electron chi connectivity index (χ1n) is 7.11. The Morgan fingerprint density at radius 1 is 1.14 bits per heavy atom. The third-order valence-electron chi connectivity index (χ3n) is 3.06. The van der Waals surface area contributed by atoms with Crippen molar-refractivity contribution < 1.29 is 14.3 Å². The largest absolute Gasteiger partial charge is 0.484 e. The van der Waals surface area contributed by atoms with Gasteiger partial charge in [0.05, 0.1) is 12.2 Å². The molecule has 5 nitrogen and oxygen atoms in total. The molecule has 114 valence electrons. The molecule has 0 bridgehead atoms. The van der Waals surface area contributed by atoms with Crippen LogP contribution >= 0.6 is 0 Å². The number of benzene rings is 1. The van der Waals surface area contributed by atoms with Crippen LogP contribution in [0.3, 0.4) is 0 Å². The maximum atomic E-state index is 11.7. The highest BCUT2D eigenvalue weighted by Gasteiger charge is 2.05. The number of carbonyl (C=O) groups is 2. The SMILES string of the molecule is CCC(=O)c1ccc(OCC(=O)NCc2ccccn2)cc1. The Balaban J connectivity index is 1.77. The van der Waals surface area contributed by atoms with E-state index in [9.17, 15) is 9.59 Å². The van der Waals surface area contributed by atoms with Gasteiger partial charge in [-0.15, -0.1) is 0 Å². The van der Waals surface area contributed by atoms with Gasteiger partial charge in [-0.05, 0) is 36.4 Å². The minimum absolute atomic E-state index is 0.0755. The van der Waals surface area contributed by atoms with Crippen molar-refractivity contribution >= 4 is 11.7 Å². The van der Waals surface area contributed by atoms with Crippen LogP contribution < -0.4 is 10.1 Å². The molecule has 0 fully saturated rings. The molecular formula is C17H18N2O3. The predicted octanol–water partition coefficient (Wildman–Crippen LogP) is 2.37. The van der Waals surface area contributed by atoms with Crippen LogP contribution in [0.1, 0.15) is 29.4 Å². The third kappa shape index (κ3) is 4.70. The quantitative estimate of drug-likeness (QED) is 0.797. The number of hydrogen-bond acceptors (Lipinski definition) is 4. The average molecular weight is 298 g/mol. The summed E-state index contributed by atoms with van der Waals surface area (Å²) < 4.78 is 5.38. The number of aromatic nitrogens is 1. The molecule has 2 rings (SSSR count). The first-order chi connectivity index (χ1) is 10.7. The Morgan fingerprint density at radius 2 is 1.91 bits per heavy atom. The van der Waals surface area contributed by atoms with Gasteiger partial charge < -0.3 is 10.1 Å². The molecule has 1 aromatic heterocycles. The van der Waals surface area contributed by atoms with Crippen molar-refractivity contribution in [2.45, 2.75) is 19.9 Å². The highest BCUT2D eigenvalue weighted by Crippen LogP contribution is 2.13. The number of Topliss-reactive ketones (excluding diaryl/α,β-unsaturated/α-hetero) is 1. The Bertz CT molecular complexity index is 624. The van der Waals surface area contributed by atoms with E-state index in [1.165, 1.54) is 0 Å². The molecule has 1 amide bonds. The lowest BCUT2D eigenvalue weighted by Gasteiger charge is -2.07. The summed E-state index contributed by atoms with van der Waals surface area (Å²) in [4.78, 5) is 27.3. The van der Waals surface area contributed by atoms with E-state index in [4.69, 9.17) is 4.74 Å². The molecule has 0 unspecified atom stereocenters. The van der Waals surface area contributed by atoms with Gasteiger partial charge in [-0.2, -0.15) is 0 Å². The smallest absolute Gasteiger partial charge is 0.258 e. The number of nitrogens with one attached hydrogen (secondary N) is 1. The summed E-state index contributed by atoms with van der Waals surface area (Å²) >= 11 is 0. The minimum atomic E-state index is -0.223. The summed E-state index contributed by atoms with van der Waals surface area (Å²) in [5, 5.41) is 2.73. The zero-order valence-electron chi connectivity index (χ0n) is 12.4.